The molecule has 0 aliphatic carbocycles. The van der Waals surface area contributed by atoms with Gasteiger partial charge in [0.25, 0.3) is 5.89 Å². The first-order valence-corrected chi connectivity index (χ1v) is 9.87. The maximum absolute atomic E-state index is 6.13. The van der Waals surface area contributed by atoms with E-state index in [1.807, 2.05) is 42.5 Å². The predicted molar refractivity (Wildman–Crippen MR) is 110 cm³/mol. The first-order chi connectivity index (χ1) is 14.3. The standard InChI is InChI=1S/C23H22N4O2/c1-28-20-11-5-3-8-17(20)15-27-14-6-10-19(27)22-25-26-23(29-22)21-18-9-4-2-7-16(18)12-13-24-21/h2-5,7-9,11-13,19H,6,10,14-15H2,1H3. The average Bonchev–Trinajstić information content (AvgIpc) is 3.43. The third kappa shape index (κ3) is 3.36. The van der Waals surface area contributed by atoms with Gasteiger partial charge in [0, 0.05) is 23.7 Å². The number of para-hydroxylation sites is 1. The maximum Gasteiger partial charge on any atom is 0.266 e. The van der Waals surface area contributed by atoms with Gasteiger partial charge in [-0.3, -0.25) is 9.88 Å². The summed E-state index contributed by atoms with van der Waals surface area (Å²) in [6.45, 7) is 1.78. The minimum Gasteiger partial charge on any atom is -0.496 e. The second-order valence-electron chi connectivity index (χ2n) is 7.27. The normalized spacial score (nSPS) is 17.1. The van der Waals surface area contributed by atoms with E-state index in [-0.39, 0.29) is 6.04 Å². The van der Waals surface area contributed by atoms with Crippen molar-refractivity contribution in [3.63, 3.8) is 0 Å². The smallest absolute Gasteiger partial charge is 0.266 e. The maximum atomic E-state index is 6.13. The van der Waals surface area contributed by atoms with E-state index in [1.54, 1.807) is 13.3 Å². The van der Waals surface area contributed by atoms with E-state index < -0.39 is 0 Å². The number of ether oxygens (including phenoxy) is 1. The number of methoxy groups -OCH3 is 1. The zero-order valence-electron chi connectivity index (χ0n) is 16.3. The Morgan fingerprint density at radius 2 is 1.93 bits per heavy atom. The molecule has 6 nitrogen and oxygen atoms in total. The van der Waals surface area contributed by atoms with Crippen molar-refractivity contribution in [3.05, 3.63) is 72.2 Å². The number of pyridine rings is 1. The minimum atomic E-state index is 0.108. The van der Waals surface area contributed by atoms with Gasteiger partial charge in [0.05, 0.1) is 13.2 Å². The summed E-state index contributed by atoms with van der Waals surface area (Å²) in [7, 11) is 1.71. The van der Waals surface area contributed by atoms with Gasteiger partial charge >= 0.3 is 0 Å². The van der Waals surface area contributed by atoms with Crippen LogP contribution < -0.4 is 4.74 Å². The highest BCUT2D eigenvalue weighted by molar-refractivity contribution is 5.92. The monoisotopic (exact) mass is 386 g/mol. The molecule has 0 amide bonds. The van der Waals surface area contributed by atoms with Crippen LogP contribution in [0.4, 0.5) is 0 Å². The Bertz CT molecular complexity index is 1140. The number of fused-ring (bicyclic) bond motifs is 1. The third-order valence-corrected chi connectivity index (χ3v) is 5.53. The van der Waals surface area contributed by atoms with Crippen LogP contribution in [0.2, 0.25) is 0 Å². The highest BCUT2D eigenvalue weighted by Gasteiger charge is 2.31. The molecule has 1 atom stereocenters. The second-order valence-corrected chi connectivity index (χ2v) is 7.27. The molecule has 0 N–H and O–H groups in total. The van der Waals surface area contributed by atoms with E-state index in [0.29, 0.717) is 11.8 Å². The molecule has 1 saturated heterocycles. The molecule has 1 fully saturated rings. The van der Waals surface area contributed by atoms with Crippen molar-refractivity contribution >= 4 is 10.8 Å². The van der Waals surface area contributed by atoms with Gasteiger partial charge < -0.3 is 9.15 Å². The fraction of sp³-hybridized carbons (Fsp3) is 0.261. The van der Waals surface area contributed by atoms with Gasteiger partial charge in [-0.2, -0.15) is 0 Å². The Morgan fingerprint density at radius 3 is 2.86 bits per heavy atom. The lowest BCUT2D eigenvalue weighted by Crippen LogP contribution is -2.23. The molecule has 1 aliphatic rings. The van der Waals surface area contributed by atoms with Gasteiger partial charge in [0.1, 0.15) is 11.4 Å². The quantitative estimate of drug-likeness (QED) is 0.498. The van der Waals surface area contributed by atoms with Gasteiger partial charge in [-0.15, -0.1) is 10.2 Å². The van der Waals surface area contributed by atoms with Crippen LogP contribution in [0.3, 0.4) is 0 Å². The summed E-state index contributed by atoms with van der Waals surface area (Å²) in [5.41, 5.74) is 1.90. The van der Waals surface area contributed by atoms with Crippen LogP contribution in [0.5, 0.6) is 5.75 Å². The van der Waals surface area contributed by atoms with Gasteiger partial charge in [-0.25, -0.2) is 0 Å². The molecule has 1 unspecified atom stereocenters. The lowest BCUT2D eigenvalue weighted by molar-refractivity contribution is 0.213. The van der Waals surface area contributed by atoms with Gasteiger partial charge in [-0.1, -0.05) is 42.5 Å². The van der Waals surface area contributed by atoms with E-state index in [1.165, 1.54) is 0 Å². The molecule has 0 radical (unpaired) electrons. The lowest BCUT2D eigenvalue weighted by Gasteiger charge is -2.22. The summed E-state index contributed by atoms with van der Waals surface area (Å²) >= 11 is 0. The van der Waals surface area contributed by atoms with E-state index in [2.05, 4.69) is 32.2 Å². The fourth-order valence-electron chi connectivity index (χ4n) is 4.10. The van der Waals surface area contributed by atoms with Gasteiger partial charge in [0.2, 0.25) is 5.89 Å². The van der Waals surface area contributed by atoms with Crippen molar-refractivity contribution in [2.45, 2.75) is 25.4 Å². The fourth-order valence-corrected chi connectivity index (χ4v) is 4.10. The van der Waals surface area contributed by atoms with Crippen molar-refractivity contribution in [2.24, 2.45) is 0 Å². The van der Waals surface area contributed by atoms with Crippen LogP contribution in [-0.2, 0) is 6.54 Å². The van der Waals surface area contributed by atoms with Crippen molar-refractivity contribution in [2.75, 3.05) is 13.7 Å². The highest BCUT2D eigenvalue weighted by Crippen LogP contribution is 2.35. The van der Waals surface area contributed by atoms with Crippen LogP contribution in [0, 0.1) is 0 Å². The molecule has 5 rings (SSSR count). The molecule has 0 spiro atoms. The average molecular weight is 386 g/mol. The Labute approximate surface area is 169 Å². The van der Waals surface area contributed by atoms with E-state index >= 15 is 0 Å². The van der Waals surface area contributed by atoms with Crippen LogP contribution in [0.15, 0.2) is 65.2 Å². The Kier molecular flexibility index (Phi) is 4.69. The Morgan fingerprint density at radius 1 is 1.07 bits per heavy atom. The number of likely N-dealkylation sites (tertiary alicyclic amines) is 1. The Hall–Kier alpha value is -3.25. The summed E-state index contributed by atoms with van der Waals surface area (Å²) in [6.07, 6.45) is 3.88. The van der Waals surface area contributed by atoms with Crippen LogP contribution >= 0.6 is 0 Å². The van der Waals surface area contributed by atoms with E-state index in [9.17, 15) is 0 Å². The number of nitrogens with zero attached hydrogens (tertiary/aromatic N) is 4. The first kappa shape index (κ1) is 17.8. The third-order valence-electron chi connectivity index (χ3n) is 5.53. The van der Waals surface area contributed by atoms with E-state index in [4.69, 9.17) is 9.15 Å². The summed E-state index contributed by atoms with van der Waals surface area (Å²) in [6, 6.07) is 18.3. The Balaban J connectivity index is 1.43. The lowest BCUT2D eigenvalue weighted by atomic mass is 10.1. The molecule has 0 saturated carbocycles. The molecule has 0 bridgehead atoms. The summed E-state index contributed by atoms with van der Waals surface area (Å²) in [5.74, 6) is 2.03. The molecular weight excluding hydrogens is 364 g/mol. The second kappa shape index (κ2) is 7.64. The van der Waals surface area contributed by atoms with Crippen molar-refractivity contribution in [1.29, 1.82) is 0 Å². The number of benzene rings is 2. The largest absolute Gasteiger partial charge is 0.496 e. The van der Waals surface area contributed by atoms with Gasteiger partial charge in [0.15, 0.2) is 0 Å². The molecular formula is C23H22N4O2. The molecule has 29 heavy (non-hydrogen) atoms. The predicted octanol–water partition coefficient (Wildman–Crippen LogP) is 4.63. The van der Waals surface area contributed by atoms with Crippen LogP contribution in [0.25, 0.3) is 22.4 Å². The SMILES string of the molecule is COc1ccccc1CN1CCCC1c1nnc(-c2nccc3ccccc23)o1. The zero-order chi connectivity index (χ0) is 19.6. The molecule has 4 aromatic rings. The van der Waals surface area contributed by atoms with Gasteiger partial charge in [-0.05, 0) is 36.9 Å². The van der Waals surface area contributed by atoms with E-state index in [0.717, 1.165) is 53.7 Å². The van der Waals surface area contributed by atoms with Crippen molar-refractivity contribution in [3.8, 4) is 17.3 Å². The molecule has 1 aliphatic heterocycles. The number of aromatic nitrogens is 3. The first-order valence-electron chi connectivity index (χ1n) is 9.87. The topological polar surface area (TPSA) is 64.3 Å². The zero-order valence-corrected chi connectivity index (χ0v) is 16.3. The molecule has 2 aromatic carbocycles. The summed E-state index contributed by atoms with van der Waals surface area (Å²) in [4.78, 5) is 6.88. The summed E-state index contributed by atoms with van der Waals surface area (Å²) < 4.78 is 11.6. The van der Waals surface area contributed by atoms with Crippen LogP contribution in [-0.4, -0.2) is 33.7 Å². The molecule has 2 aromatic heterocycles. The van der Waals surface area contributed by atoms with Crippen LogP contribution in [0.1, 0.15) is 30.3 Å². The highest BCUT2D eigenvalue weighted by atomic mass is 16.5. The van der Waals surface area contributed by atoms with Crippen molar-refractivity contribution in [1.82, 2.24) is 20.1 Å². The number of hydrogen-bond donors (Lipinski definition) is 0. The molecule has 146 valence electrons. The number of rotatable bonds is 5. The van der Waals surface area contributed by atoms with Crippen molar-refractivity contribution < 1.29 is 9.15 Å². The summed E-state index contributed by atoms with van der Waals surface area (Å²) in [5, 5.41) is 10.8. The molecule has 3 heterocycles. The minimum absolute atomic E-state index is 0.108. The number of hydrogen-bond acceptors (Lipinski definition) is 6. The molecule has 6 heteroatoms.